The maximum atomic E-state index is 12.8. The predicted molar refractivity (Wildman–Crippen MR) is 133 cm³/mol. The van der Waals surface area contributed by atoms with E-state index in [1.165, 1.54) is 39.2 Å². The zero-order valence-corrected chi connectivity index (χ0v) is 20.6. The van der Waals surface area contributed by atoms with Gasteiger partial charge in [0.1, 0.15) is 6.04 Å². The van der Waals surface area contributed by atoms with Crippen molar-refractivity contribution in [1.82, 2.24) is 9.21 Å². The average molecular weight is 499 g/mol. The molecule has 34 heavy (non-hydrogen) atoms. The van der Waals surface area contributed by atoms with Crippen LogP contribution in [0.4, 0.5) is 5.69 Å². The van der Waals surface area contributed by atoms with Crippen molar-refractivity contribution in [2.75, 3.05) is 30.0 Å². The van der Waals surface area contributed by atoms with Crippen LogP contribution in [0.2, 0.25) is 0 Å². The lowest BCUT2D eigenvalue weighted by molar-refractivity contribution is -0.132. The van der Waals surface area contributed by atoms with Crippen LogP contribution in [0.3, 0.4) is 0 Å². The summed E-state index contributed by atoms with van der Waals surface area (Å²) >= 11 is 1.49. The molecule has 0 aromatic heterocycles. The van der Waals surface area contributed by atoms with Crippen LogP contribution >= 0.6 is 11.8 Å². The van der Waals surface area contributed by atoms with Gasteiger partial charge in [-0.2, -0.15) is 9.57 Å². The summed E-state index contributed by atoms with van der Waals surface area (Å²) in [6.45, 7) is 4.36. The zero-order valence-electron chi connectivity index (χ0n) is 19.0. The van der Waals surface area contributed by atoms with Crippen LogP contribution in [0.25, 0.3) is 6.08 Å². The van der Waals surface area contributed by atoms with E-state index in [9.17, 15) is 18.0 Å². The van der Waals surface area contributed by atoms with E-state index in [2.05, 4.69) is 5.32 Å². The predicted octanol–water partition coefficient (Wildman–Crippen LogP) is 3.14. The van der Waals surface area contributed by atoms with Crippen LogP contribution in [0.15, 0.2) is 59.5 Å². The van der Waals surface area contributed by atoms with E-state index >= 15 is 0 Å². The van der Waals surface area contributed by atoms with Crippen LogP contribution in [-0.4, -0.2) is 60.2 Å². The molecule has 1 heterocycles. The maximum absolute atomic E-state index is 12.8. The van der Waals surface area contributed by atoms with Gasteiger partial charge in [0.15, 0.2) is 0 Å². The smallest absolute Gasteiger partial charge is 0.248 e. The molecule has 0 bridgehead atoms. The Labute approximate surface area is 204 Å². The molecule has 0 radical (unpaired) electrons. The number of sulfonamides is 1. The first-order valence-corrected chi connectivity index (χ1v) is 13.4. The fraction of sp³-hybridized carbons (Fsp3) is 0.292. The molecule has 1 fully saturated rings. The summed E-state index contributed by atoms with van der Waals surface area (Å²) in [4.78, 5) is 27.2. The summed E-state index contributed by atoms with van der Waals surface area (Å²) < 4.78 is 26.6. The van der Waals surface area contributed by atoms with Crippen LogP contribution in [0.5, 0.6) is 0 Å². The molecule has 8 nitrogen and oxygen atoms in total. The normalized spacial score (nSPS) is 16.1. The van der Waals surface area contributed by atoms with Crippen molar-refractivity contribution in [3.63, 3.8) is 0 Å². The van der Waals surface area contributed by atoms with Gasteiger partial charge in [0.2, 0.25) is 21.8 Å². The van der Waals surface area contributed by atoms with Crippen molar-refractivity contribution < 1.29 is 18.0 Å². The number of hydrogen-bond acceptors (Lipinski definition) is 6. The zero-order chi connectivity index (χ0) is 24.7. The van der Waals surface area contributed by atoms with Gasteiger partial charge in [-0.3, -0.25) is 9.59 Å². The molecule has 178 valence electrons. The number of nitriles is 1. The molecule has 0 saturated carbocycles. The number of rotatable bonds is 8. The molecule has 2 amide bonds. The number of hydrogen-bond donors (Lipinski definition) is 1. The van der Waals surface area contributed by atoms with Crippen LogP contribution in [0, 0.1) is 11.3 Å². The molecule has 2 aromatic rings. The number of nitrogens with zero attached hydrogens (tertiary/aromatic N) is 3. The summed E-state index contributed by atoms with van der Waals surface area (Å²) in [6.07, 6.45) is 3.00. The highest BCUT2D eigenvalue weighted by atomic mass is 32.2. The van der Waals surface area contributed by atoms with Gasteiger partial charge in [0, 0.05) is 30.6 Å². The lowest BCUT2D eigenvalue weighted by Crippen LogP contribution is -2.43. The van der Waals surface area contributed by atoms with E-state index in [0.717, 1.165) is 0 Å². The molecule has 1 aliphatic heterocycles. The quantitative estimate of drug-likeness (QED) is 0.560. The van der Waals surface area contributed by atoms with E-state index in [4.69, 9.17) is 5.26 Å². The highest BCUT2D eigenvalue weighted by molar-refractivity contribution is 7.99. The molecule has 2 aromatic carbocycles. The SMILES string of the molecule is CCN(CC)S(=O)(=O)c1ccc(/C=C/C(=O)N2CSCC2C(=O)Nc2ccc(C#N)cc2)cc1. The average Bonchev–Trinajstić information content (AvgIpc) is 3.34. The Kier molecular flexibility index (Phi) is 8.50. The second-order valence-electron chi connectivity index (χ2n) is 7.49. The van der Waals surface area contributed by atoms with Crippen LogP contribution in [0.1, 0.15) is 25.0 Å². The molecule has 3 rings (SSSR count). The minimum atomic E-state index is -3.54. The van der Waals surface area contributed by atoms with E-state index < -0.39 is 16.1 Å². The number of carbonyl (C=O) groups is 2. The summed E-state index contributed by atoms with van der Waals surface area (Å²) in [7, 11) is -3.54. The second-order valence-corrected chi connectivity index (χ2v) is 10.4. The van der Waals surface area contributed by atoms with Crippen molar-refractivity contribution in [2.45, 2.75) is 24.8 Å². The van der Waals surface area contributed by atoms with Crippen molar-refractivity contribution in [3.8, 4) is 6.07 Å². The first kappa shape index (κ1) is 25.5. The van der Waals surface area contributed by atoms with Crippen molar-refractivity contribution in [3.05, 3.63) is 65.7 Å². The third-order valence-corrected chi connectivity index (χ3v) is 8.47. The minimum absolute atomic E-state index is 0.204. The topological polar surface area (TPSA) is 111 Å². The highest BCUT2D eigenvalue weighted by Crippen LogP contribution is 2.23. The second kappa shape index (κ2) is 11.3. The van der Waals surface area contributed by atoms with Crippen molar-refractivity contribution in [1.29, 1.82) is 5.26 Å². The summed E-state index contributed by atoms with van der Waals surface area (Å²) in [5.41, 5.74) is 1.73. The number of carbonyl (C=O) groups excluding carboxylic acids is 2. The van der Waals surface area contributed by atoms with Gasteiger partial charge < -0.3 is 10.2 Å². The Hall–Kier alpha value is -3.13. The van der Waals surface area contributed by atoms with Crippen molar-refractivity contribution >= 4 is 45.4 Å². The van der Waals surface area contributed by atoms with Gasteiger partial charge in [-0.1, -0.05) is 26.0 Å². The van der Waals surface area contributed by atoms with E-state index in [1.807, 2.05) is 6.07 Å². The Morgan fingerprint density at radius 2 is 1.79 bits per heavy atom. The molecule has 0 spiro atoms. The largest absolute Gasteiger partial charge is 0.324 e. The Bertz CT molecular complexity index is 1200. The highest BCUT2D eigenvalue weighted by Gasteiger charge is 2.33. The molecule has 1 unspecified atom stereocenters. The maximum Gasteiger partial charge on any atom is 0.248 e. The molecule has 1 atom stereocenters. The number of amides is 2. The third-order valence-electron chi connectivity index (χ3n) is 5.39. The molecule has 10 heteroatoms. The third kappa shape index (κ3) is 5.86. The Morgan fingerprint density at radius 1 is 1.15 bits per heavy atom. The molecule has 1 N–H and O–H groups in total. The van der Waals surface area contributed by atoms with Gasteiger partial charge >= 0.3 is 0 Å². The first-order valence-electron chi connectivity index (χ1n) is 10.8. The molecular weight excluding hydrogens is 472 g/mol. The van der Waals surface area contributed by atoms with Gasteiger partial charge in [0.05, 0.1) is 22.4 Å². The summed E-state index contributed by atoms with van der Waals surface area (Å²) in [5, 5.41) is 11.7. The van der Waals surface area contributed by atoms with E-state index in [1.54, 1.807) is 56.3 Å². The van der Waals surface area contributed by atoms with Crippen LogP contribution in [-0.2, 0) is 19.6 Å². The van der Waals surface area contributed by atoms with E-state index in [-0.39, 0.29) is 16.7 Å². The molecule has 0 aliphatic carbocycles. The molecule has 1 saturated heterocycles. The van der Waals surface area contributed by atoms with Crippen LogP contribution < -0.4 is 5.32 Å². The standard InChI is InChI=1S/C24H26N4O4S2/c1-3-27(4-2)34(31,32)21-12-7-18(8-13-21)9-14-23(29)28-17-33-16-22(28)24(30)26-20-10-5-19(15-25)6-11-20/h5-14,22H,3-4,16-17H2,1-2H3,(H,26,30)/b14-9+. The molecular formula is C24H26N4O4S2. The van der Waals surface area contributed by atoms with Crippen molar-refractivity contribution in [2.24, 2.45) is 0 Å². The number of benzene rings is 2. The lowest BCUT2D eigenvalue weighted by Gasteiger charge is -2.21. The van der Waals surface area contributed by atoms with Gasteiger partial charge in [0.25, 0.3) is 0 Å². The number of anilines is 1. The van der Waals surface area contributed by atoms with Gasteiger partial charge in [-0.15, -0.1) is 11.8 Å². The monoisotopic (exact) mass is 498 g/mol. The Morgan fingerprint density at radius 3 is 2.38 bits per heavy atom. The fourth-order valence-corrected chi connectivity index (χ4v) is 6.08. The fourth-order valence-electron chi connectivity index (χ4n) is 3.46. The molecule has 1 aliphatic rings. The van der Waals surface area contributed by atoms with Gasteiger partial charge in [-0.05, 0) is 48.0 Å². The van der Waals surface area contributed by atoms with E-state index in [0.29, 0.717) is 41.5 Å². The number of thioether (sulfide) groups is 1. The summed E-state index contributed by atoms with van der Waals surface area (Å²) in [6, 6.07) is 14.3. The lowest BCUT2D eigenvalue weighted by atomic mass is 10.2. The Balaban J connectivity index is 1.65. The minimum Gasteiger partial charge on any atom is -0.324 e. The number of nitrogens with one attached hydrogen (secondary N) is 1. The first-order chi connectivity index (χ1) is 16.3. The summed E-state index contributed by atoms with van der Waals surface area (Å²) in [5.74, 6) is 0.294. The van der Waals surface area contributed by atoms with Gasteiger partial charge in [-0.25, -0.2) is 8.42 Å².